The molecule has 2 N–H and O–H groups in total. The molecule has 0 amide bonds. The van der Waals surface area contributed by atoms with Crippen LogP contribution >= 0.6 is 0 Å². The lowest BCUT2D eigenvalue weighted by atomic mass is 10.0. The maximum absolute atomic E-state index is 10.3. The van der Waals surface area contributed by atoms with Crippen molar-refractivity contribution < 1.29 is 9.84 Å². The molecular weight excluding hydrogens is 310 g/mol. The van der Waals surface area contributed by atoms with E-state index >= 15 is 0 Å². The van der Waals surface area contributed by atoms with Crippen molar-refractivity contribution in [3.05, 3.63) is 77.9 Å². The van der Waals surface area contributed by atoms with Crippen molar-refractivity contribution in [3.8, 4) is 5.75 Å². The molecule has 3 heteroatoms. The fourth-order valence-corrected chi connectivity index (χ4v) is 2.99. The maximum atomic E-state index is 10.3. The molecule has 0 heterocycles. The average molecular weight is 335 g/mol. The molecule has 0 saturated carbocycles. The predicted octanol–water partition coefficient (Wildman–Crippen LogP) is 4.45. The Morgan fingerprint density at radius 1 is 0.920 bits per heavy atom. The zero-order valence-electron chi connectivity index (χ0n) is 14.8. The minimum Gasteiger partial charge on any atom is -0.491 e. The zero-order valence-corrected chi connectivity index (χ0v) is 14.8. The Morgan fingerprint density at radius 3 is 2.40 bits per heavy atom. The Morgan fingerprint density at radius 2 is 1.64 bits per heavy atom. The highest BCUT2D eigenvalue weighted by molar-refractivity contribution is 5.87. The van der Waals surface area contributed by atoms with Gasteiger partial charge in [0, 0.05) is 18.7 Å². The Kier molecular flexibility index (Phi) is 5.69. The van der Waals surface area contributed by atoms with Gasteiger partial charge in [0.2, 0.25) is 0 Å². The molecule has 0 aliphatic heterocycles. The first kappa shape index (κ1) is 17.5. The SMILES string of the molecule is CC(C)Oc1ccc2ccccc2c1CNCC(O)c1ccccc1. The van der Waals surface area contributed by atoms with Gasteiger partial charge < -0.3 is 15.2 Å². The van der Waals surface area contributed by atoms with E-state index in [4.69, 9.17) is 4.74 Å². The van der Waals surface area contributed by atoms with E-state index in [0.717, 1.165) is 16.9 Å². The molecule has 3 nitrogen and oxygen atoms in total. The summed E-state index contributed by atoms with van der Waals surface area (Å²) in [5, 5.41) is 16.1. The molecule has 0 aliphatic rings. The van der Waals surface area contributed by atoms with E-state index in [1.54, 1.807) is 0 Å². The van der Waals surface area contributed by atoms with Gasteiger partial charge in [-0.1, -0.05) is 60.7 Å². The van der Waals surface area contributed by atoms with E-state index in [9.17, 15) is 5.11 Å². The Bertz CT molecular complexity index is 815. The van der Waals surface area contributed by atoms with E-state index in [1.165, 1.54) is 10.8 Å². The average Bonchev–Trinajstić information content (AvgIpc) is 2.63. The Labute approximate surface area is 149 Å². The molecule has 0 spiro atoms. The quantitative estimate of drug-likeness (QED) is 0.670. The first-order valence-electron chi connectivity index (χ1n) is 8.76. The second-order valence-corrected chi connectivity index (χ2v) is 6.49. The van der Waals surface area contributed by atoms with Crippen LogP contribution in [0.2, 0.25) is 0 Å². The van der Waals surface area contributed by atoms with Gasteiger partial charge in [0.25, 0.3) is 0 Å². The van der Waals surface area contributed by atoms with Gasteiger partial charge in [-0.3, -0.25) is 0 Å². The summed E-state index contributed by atoms with van der Waals surface area (Å²) in [7, 11) is 0. The van der Waals surface area contributed by atoms with Gasteiger partial charge in [-0.2, -0.15) is 0 Å². The highest BCUT2D eigenvalue weighted by atomic mass is 16.5. The number of rotatable bonds is 7. The smallest absolute Gasteiger partial charge is 0.124 e. The summed E-state index contributed by atoms with van der Waals surface area (Å²) in [6, 6.07) is 22.2. The van der Waals surface area contributed by atoms with Crippen LogP contribution in [0, 0.1) is 0 Å². The summed E-state index contributed by atoms with van der Waals surface area (Å²) in [6.45, 7) is 5.21. The summed E-state index contributed by atoms with van der Waals surface area (Å²) in [6.07, 6.45) is -0.402. The van der Waals surface area contributed by atoms with E-state index < -0.39 is 6.10 Å². The first-order valence-corrected chi connectivity index (χ1v) is 8.76. The van der Waals surface area contributed by atoms with Gasteiger partial charge >= 0.3 is 0 Å². The van der Waals surface area contributed by atoms with Crippen molar-refractivity contribution in [2.24, 2.45) is 0 Å². The number of nitrogens with one attached hydrogen (secondary N) is 1. The van der Waals surface area contributed by atoms with Crippen molar-refractivity contribution in [1.82, 2.24) is 5.32 Å². The highest BCUT2D eigenvalue weighted by Gasteiger charge is 2.12. The van der Waals surface area contributed by atoms with Crippen molar-refractivity contribution in [1.29, 1.82) is 0 Å². The molecule has 0 radical (unpaired) electrons. The normalized spacial score (nSPS) is 12.5. The molecule has 3 aromatic rings. The molecule has 1 atom stereocenters. The molecule has 3 rings (SSSR count). The Balaban J connectivity index is 1.77. The number of benzene rings is 3. The van der Waals surface area contributed by atoms with Crippen LogP contribution in [0.25, 0.3) is 10.8 Å². The second kappa shape index (κ2) is 8.15. The third-order valence-corrected chi connectivity index (χ3v) is 4.18. The second-order valence-electron chi connectivity index (χ2n) is 6.49. The third-order valence-electron chi connectivity index (χ3n) is 4.18. The van der Waals surface area contributed by atoms with Crippen molar-refractivity contribution in [3.63, 3.8) is 0 Å². The monoisotopic (exact) mass is 335 g/mol. The van der Waals surface area contributed by atoms with Crippen LogP contribution in [-0.2, 0) is 6.54 Å². The van der Waals surface area contributed by atoms with E-state index in [0.29, 0.717) is 13.1 Å². The molecule has 1 unspecified atom stereocenters. The first-order chi connectivity index (χ1) is 12.1. The summed E-state index contributed by atoms with van der Waals surface area (Å²) >= 11 is 0. The topological polar surface area (TPSA) is 41.5 Å². The highest BCUT2D eigenvalue weighted by Crippen LogP contribution is 2.29. The van der Waals surface area contributed by atoms with Crippen LogP contribution < -0.4 is 10.1 Å². The van der Waals surface area contributed by atoms with Crippen LogP contribution in [0.3, 0.4) is 0 Å². The number of ether oxygens (including phenoxy) is 1. The number of aliphatic hydroxyl groups excluding tert-OH is 1. The summed E-state index contributed by atoms with van der Waals surface area (Å²) in [5.74, 6) is 0.899. The standard InChI is InChI=1S/C22H25NO2/c1-16(2)25-22-13-12-17-8-6-7-11-19(17)20(22)14-23-15-21(24)18-9-4-3-5-10-18/h3-13,16,21,23-24H,14-15H2,1-2H3. The summed E-state index contributed by atoms with van der Waals surface area (Å²) < 4.78 is 5.99. The lowest BCUT2D eigenvalue weighted by Gasteiger charge is -2.18. The van der Waals surface area contributed by atoms with E-state index in [1.807, 2.05) is 62.4 Å². The maximum Gasteiger partial charge on any atom is 0.124 e. The minimum atomic E-state index is -0.523. The summed E-state index contributed by atoms with van der Waals surface area (Å²) in [5.41, 5.74) is 2.05. The number of hydrogen-bond donors (Lipinski definition) is 2. The van der Waals surface area contributed by atoms with E-state index in [2.05, 4.69) is 23.5 Å². The lowest BCUT2D eigenvalue weighted by molar-refractivity contribution is 0.174. The fourth-order valence-electron chi connectivity index (χ4n) is 2.99. The van der Waals surface area contributed by atoms with Crippen LogP contribution in [0.5, 0.6) is 5.75 Å². The lowest BCUT2D eigenvalue weighted by Crippen LogP contribution is -2.22. The molecule has 0 bridgehead atoms. The van der Waals surface area contributed by atoms with Crippen LogP contribution in [0.15, 0.2) is 66.7 Å². The molecule has 25 heavy (non-hydrogen) atoms. The van der Waals surface area contributed by atoms with Crippen molar-refractivity contribution in [2.45, 2.75) is 32.6 Å². The van der Waals surface area contributed by atoms with Gasteiger partial charge in [0.15, 0.2) is 0 Å². The van der Waals surface area contributed by atoms with Crippen molar-refractivity contribution in [2.75, 3.05) is 6.54 Å². The largest absolute Gasteiger partial charge is 0.491 e. The van der Waals surface area contributed by atoms with Crippen LogP contribution in [-0.4, -0.2) is 17.8 Å². The fraction of sp³-hybridized carbons (Fsp3) is 0.273. The van der Waals surface area contributed by atoms with Crippen LogP contribution in [0.1, 0.15) is 31.1 Å². The van der Waals surface area contributed by atoms with Gasteiger partial charge in [0.1, 0.15) is 5.75 Å². The van der Waals surface area contributed by atoms with Gasteiger partial charge in [-0.25, -0.2) is 0 Å². The number of fused-ring (bicyclic) bond motifs is 1. The molecular formula is C22H25NO2. The molecule has 130 valence electrons. The number of aliphatic hydroxyl groups is 1. The van der Waals surface area contributed by atoms with Gasteiger partial charge in [-0.15, -0.1) is 0 Å². The predicted molar refractivity (Wildman–Crippen MR) is 103 cm³/mol. The zero-order chi connectivity index (χ0) is 17.6. The summed E-state index contributed by atoms with van der Waals surface area (Å²) in [4.78, 5) is 0. The van der Waals surface area contributed by atoms with Gasteiger partial charge in [0.05, 0.1) is 12.2 Å². The molecule has 0 fully saturated rings. The van der Waals surface area contributed by atoms with E-state index in [-0.39, 0.29) is 6.10 Å². The molecule has 0 aromatic heterocycles. The van der Waals surface area contributed by atoms with Gasteiger partial charge in [-0.05, 0) is 36.2 Å². The van der Waals surface area contributed by atoms with Crippen LogP contribution in [0.4, 0.5) is 0 Å². The molecule has 0 aliphatic carbocycles. The third kappa shape index (κ3) is 4.38. The Hall–Kier alpha value is -2.36. The minimum absolute atomic E-state index is 0.120. The van der Waals surface area contributed by atoms with Crippen molar-refractivity contribution >= 4 is 10.8 Å². The molecule has 0 saturated heterocycles. The molecule has 3 aromatic carbocycles. The number of hydrogen-bond acceptors (Lipinski definition) is 3.